The van der Waals surface area contributed by atoms with Crippen LogP contribution in [0.3, 0.4) is 0 Å². The maximum atomic E-state index is 13.0. The highest BCUT2D eigenvalue weighted by Crippen LogP contribution is 2.28. The van der Waals surface area contributed by atoms with E-state index in [1.807, 2.05) is 0 Å². The molecule has 1 aromatic carbocycles. The number of halogens is 3. The molecule has 0 radical (unpaired) electrons. The molecule has 86 valence electrons. The van der Waals surface area contributed by atoms with E-state index in [2.05, 4.69) is 0 Å². The molecule has 16 heavy (non-hydrogen) atoms. The monoisotopic (exact) mass is 249 g/mol. The Balaban J connectivity index is 3.38. The van der Waals surface area contributed by atoms with Crippen LogP contribution in [0.5, 0.6) is 0 Å². The van der Waals surface area contributed by atoms with Gasteiger partial charge in [0.25, 0.3) is 6.43 Å². The van der Waals surface area contributed by atoms with Gasteiger partial charge in [-0.1, -0.05) is 6.07 Å². The highest BCUT2D eigenvalue weighted by molar-refractivity contribution is 7.78. The Bertz CT molecular complexity index is 471. The van der Waals surface area contributed by atoms with Crippen LogP contribution >= 0.6 is 0 Å². The van der Waals surface area contributed by atoms with E-state index in [1.165, 1.54) is 6.07 Å². The highest BCUT2D eigenvalue weighted by Gasteiger charge is 2.21. The second kappa shape index (κ2) is 5.09. The minimum atomic E-state index is -3.14. The Labute approximate surface area is 91.8 Å². The van der Waals surface area contributed by atoms with Gasteiger partial charge in [-0.25, -0.2) is 17.4 Å². The standard InChI is InChI=1S/C9H6F3NO2S/c10-7-2-1-5(4-16(14)15)6(3-13)8(7)9(11)12/h1-2,9H,4H2,(H,14,15). The lowest BCUT2D eigenvalue weighted by Crippen LogP contribution is -2.03. The molecule has 0 heterocycles. The molecule has 0 saturated carbocycles. The van der Waals surface area contributed by atoms with E-state index in [1.54, 1.807) is 0 Å². The Hall–Kier alpha value is -1.39. The van der Waals surface area contributed by atoms with Crippen molar-refractivity contribution in [3.8, 4) is 6.07 Å². The second-order valence-electron chi connectivity index (χ2n) is 2.87. The fourth-order valence-corrected chi connectivity index (χ4v) is 1.74. The summed E-state index contributed by atoms with van der Waals surface area (Å²) in [7, 11) is 0. The molecule has 0 spiro atoms. The summed E-state index contributed by atoms with van der Waals surface area (Å²) >= 11 is -2.27. The van der Waals surface area contributed by atoms with Gasteiger partial charge in [-0.3, -0.25) is 0 Å². The summed E-state index contributed by atoms with van der Waals surface area (Å²) in [6.45, 7) is 0. The highest BCUT2D eigenvalue weighted by atomic mass is 32.2. The largest absolute Gasteiger partial charge is 0.306 e. The summed E-state index contributed by atoms with van der Waals surface area (Å²) in [5.74, 6) is -1.68. The van der Waals surface area contributed by atoms with Gasteiger partial charge in [-0.2, -0.15) is 5.26 Å². The predicted molar refractivity (Wildman–Crippen MR) is 50.5 cm³/mol. The van der Waals surface area contributed by atoms with Gasteiger partial charge in [0.15, 0.2) is 11.1 Å². The molecule has 3 nitrogen and oxygen atoms in total. The number of nitriles is 1. The molecule has 1 rings (SSSR count). The van der Waals surface area contributed by atoms with Crippen LogP contribution in [-0.2, 0) is 16.8 Å². The van der Waals surface area contributed by atoms with Gasteiger partial charge in [0.2, 0.25) is 0 Å². The lowest BCUT2D eigenvalue weighted by molar-refractivity contribution is 0.146. The SMILES string of the molecule is N#Cc1c(CS(=O)O)ccc(F)c1C(F)F. The van der Waals surface area contributed by atoms with Crippen molar-refractivity contribution in [2.75, 3.05) is 0 Å². The van der Waals surface area contributed by atoms with Crippen LogP contribution in [0.25, 0.3) is 0 Å². The first-order valence-corrected chi connectivity index (χ1v) is 5.32. The molecule has 0 bridgehead atoms. The normalized spacial score (nSPS) is 12.5. The summed E-state index contributed by atoms with van der Waals surface area (Å²) in [4.78, 5) is 0. The number of rotatable bonds is 3. The third kappa shape index (κ3) is 2.59. The Morgan fingerprint density at radius 1 is 1.50 bits per heavy atom. The van der Waals surface area contributed by atoms with Gasteiger partial charge in [-0.15, -0.1) is 0 Å². The molecular formula is C9H6F3NO2S. The van der Waals surface area contributed by atoms with Crippen molar-refractivity contribution in [2.45, 2.75) is 12.2 Å². The van der Waals surface area contributed by atoms with Crippen LogP contribution in [0.4, 0.5) is 13.2 Å². The van der Waals surface area contributed by atoms with Crippen LogP contribution in [0, 0.1) is 17.1 Å². The molecular weight excluding hydrogens is 243 g/mol. The van der Waals surface area contributed by atoms with E-state index in [0.717, 1.165) is 12.1 Å². The lowest BCUT2D eigenvalue weighted by atomic mass is 10.0. The Morgan fingerprint density at radius 2 is 2.12 bits per heavy atom. The molecule has 0 aliphatic carbocycles. The van der Waals surface area contributed by atoms with Crippen LogP contribution in [0.1, 0.15) is 23.1 Å². The van der Waals surface area contributed by atoms with Crippen LogP contribution in [0.15, 0.2) is 12.1 Å². The third-order valence-electron chi connectivity index (χ3n) is 1.89. The minimum absolute atomic E-state index is 0.0694. The number of hydrogen-bond donors (Lipinski definition) is 1. The number of hydrogen-bond acceptors (Lipinski definition) is 2. The van der Waals surface area contributed by atoms with Crippen molar-refractivity contribution in [3.63, 3.8) is 0 Å². The van der Waals surface area contributed by atoms with Crippen molar-refractivity contribution in [3.05, 3.63) is 34.6 Å². The Kier molecular flexibility index (Phi) is 4.04. The summed E-state index contributed by atoms with van der Waals surface area (Å²) in [5.41, 5.74) is -1.66. The molecule has 1 N–H and O–H groups in total. The number of benzene rings is 1. The second-order valence-corrected chi connectivity index (χ2v) is 3.81. The van der Waals surface area contributed by atoms with E-state index in [-0.39, 0.29) is 5.56 Å². The van der Waals surface area contributed by atoms with Crippen molar-refractivity contribution in [1.29, 1.82) is 5.26 Å². The van der Waals surface area contributed by atoms with Crippen molar-refractivity contribution in [2.24, 2.45) is 0 Å². The van der Waals surface area contributed by atoms with Gasteiger partial charge in [-0.05, 0) is 11.6 Å². The van der Waals surface area contributed by atoms with E-state index in [9.17, 15) is 17.4 Å². The molecule has 0 amide bonds. The van der Waals surface area contributed by atoms with Gasteiger partial charge >= 0.3 is 0 Å². The fourth-order valence-electron chi connectivity index (χ4n) is 1.24. The zero-order valence-electron chi connectivity index (χ0n) is 7.78. The molecule has 0 saturated heterocycles. The van der Waals surface area contributed by atoms with Gasteiger partial charge in [0.05, 0.1) is 16.9 Å². The van der Waals surface area contributed by atoms with E-state index in [0.29, 0.717) is 0 Å². The van der Waals surface area contributed by atoms with Crippen molar-refractivity contribution in [1.82, 2.24) is 0 Å². The lowest BCUT2D eigenvalue weighted by Gasteiger charge is -2.08. The van der Waals surface area contributed by atoms with Crippen molar-refractivity contribution >= 4 is 11.1 Å². The average Bonchev–Trinajstić information content (AvgIpc) is 2.18. The predicted octanol–water partition coefficient (Wildman–Crippen LogP) is 2.36. The smallest absolute Gasteiger partial charge is 0.267 e. The number of alkyl halides is 2. The molecule has 1 atom stereocenters. The molecule has 0 fully saturated rings. The minimum Gasteiger partial charge on any atom is -0.306 e. The zero-order chi connectivity index (χ0) is 12.3. The maximum absolute atomic E-state index is 13.0. The maximum Gasteiger partial charge on any atom is 0.267 e. The molecule has 7 heteroatoms. The van der Waals surface area contributed by atoms with E-state index < -0.39 is 40.2 Å². The zero-order valence-corrected chi connectivity index (χ0v) is 8.60. The molecule has 0 aromatic heterocycles. The first-order chi connectivity index (χ1) is 7.47. The van der Waals surface area contributed by atoms with E-state index >= 15 is 0 Å². The summed E-state index contributed by atoms with van der Waals surface area (Å²) in [6, 6.07) is 3.23. The Morgan fingerprint density at radius 3 is 2.56 bits per heavy atom. The fraction of sp³-hybridized carbons (Fsp3) is 0.222. The quantitative estimate of drug-likeness (QED) is 0.836. The van der Waals surface area contributed by atoms with Crippen LogP contribution < -0.4 is 0 Å². The topological polar surface area (TPSA) is 61.1 Å². The average molecular weight is 249 g/mol. The van der Waals surface area contributed by atoms with Gasteiger partial charge < -0.3 is 4.55 Å². The summed E-state index contributed by atoms with van der Waals surface area (Å²) in [6.07, 6.45) is -3.14. The third-order valence-corrected chi connectivity index (χ3v) is 2.45. The summed E-state index contributed by atoms with van der Waals surface area (Å²) < 4.78 is 57.1. The molecule has 0 aliphatic heterocycles. The molecule has 1 unspecified atom stereocenters. The summed E-state index contributed by atoms with van der Waals surface area (Å²) in [5, 5.41) is 8.65. The first-order valence-electron chi connectivity index (χ1n) is 4.04. The van der Waals surface area contributed by atoms with Crippen LogP contribution in [0.2, 0.25) is 0 Å². The first kappa shape index (κ1) is 12.7. The van der Waals surface area contributed by atoms with Crippen LogP contribution in [-0.4, -0.2) is 8.76 Å². The molecule has 0 aliphatic rings. The van der Waals surface area contributed by atoms with E-state index in [4.69, 9.17) is 9.81 Å². The van der Waals surface area contributed by atoms with Crippen molar-refractivity contribution < 1.29 is 21.9 Å². The number of nitrogens with zero attached hydrogens (tertiary/aromatic N) is 1. The molecule has 1 aromatic rings. The van der Waals surface area contributed by atoms with Gasteiger partial charge in [0.1, 0.15) is 11.9 Å². The van der Waals surface area contributed by atoms with Gasteiger partial charge in [0, 0.05) is 0 Å².